The van der Waals surface area contributed by atoms with Crippen LogP contribution in [0.4, 0.5) is 0 Å². The van der Waals surface area contributed by atoms with Gasteiger partial charge in [0.2, 0.25) is 0 Å². The lowest BCUT2D eigenvalue weighted by molar-refractivity contribution is 0.170. The predicted octanol–water partition coefficient (Wildman–Crippen LogP) is 5.51. The number of hydrogen-bond donors (Lipinski definition) is 0. The predicted molar refractivity (Wildman–Crippen MR) is 115 cm³/mol. The lowest BCUT2D eigenvalue weighted by Crippen LogP contribution is -2.33. The van der Waals surface area contributed by atoms with Crippen LogP contribution in [0.15, 0.2) is 41.1 Å². The third-order valence-corrected chi connectivity index (χ3v) is 6.21. The standard InChI is InChI=1S/C23H28ClN3O2/c1-28-20-6-7-21-18(15-20)14-19(23(24)26-21)16-27-11-8-17(9-12-27)4-2-3-5-22-25-10-13-29-22/h6-7,10,13-15,17H,2-5,8-9,11-12,16H2,1H3. The third kappa shape index (κ3) is 5.28. The van der Waals surface area contributed by atoms with Gasteiger partial charge in [-0.1, -0.05) is 24.4 Å². The maximum Gasteiger partial charge on any atom is 0.193 e. The monoisotopic (exact) mass is 413 g/mol. The zero-order valence-electron chi connectivity index (χ0n) is 16.9. The molecule has 0 spiro atoms. The second-order valence-electron chi connectivity index (χ2n) is 7.89. The number of aromatic nitrogens is 2. The molecule has 3 heterocycles. The summed E-state index contributed by atoms with van der Waals surface area (Å²) in [6.45, 7) is 3.10. The van der Waals surface area contributed by atoms with Gasteiger partial charge < -0.3 is 9.15 Å². The molecule has 1 aromatic carbocycles. The summed E-state index contributed by atoms with van der Waals surface area (Å²) in [7, 11) is 1.68. The average Bonchev–Trinajstić information content (AvgIpc) is 3.26. The molecular weight excluding hydrogens is 386 g/mol. The van der Waals surface area contributed by atoms with Crippen molar-refractivity contribution in [1.82, 2.24) is 14.9 Å². The van der Waals surface area contributed by atoms with Gasteiger partial charge in [-0.2, -0.15) is 0 Å². The Morgan fingerprint density at radius 3 is 2.83 bits per heavy atom. The summed E-state index contributed by atoms with van der Waals surface area (Å²) >= 11 is 6.47. The Labute approximate surface area is 177 Å². The summed E-state index contributed by atoms with van der Waals surface area (Å²) < 4.78 is 10.6. The minimum absolute atomic E-state index is 0.608. The number of hydrogen-bond acceptors (Lipinski definition) is 5. The van der Waals surface area contributed by atoms with Crippen LogP contribution in [0.2, 0.25) is 5.15 Å². The van der Waals surface area contributed by atoms with Crippen LogP contribution in [0.1, 0.15) is 43.6 Å². The van der Waals surface area contributed by atoms with Gasteiger partial charge in [0.25, 0.3) is 0 Å². The molecule has 0 saturated carbocycles. The molecule has 1 aliphatic rings. The Balaban J connectivity index is 1.26. The van der Waals surface area contributed by atoms with Crippen molar-refractivity contribution in [1.29, 1.82) is 0 Å². The lowest BCUT2D eigenvalue weighted by atomic mass is 9.91. The summed E-state index contributed by atoms with van der Waals surface area (Å²) in [6, 6.07) is 8.05. The number of likely N-dealkylation sites (tertiary alicyclic amines) is 1. The van der Waals surface area contributed by atoms with E-state index in [-0.39, 0.29) is 0 Å². The van der Waals surface area contributed by atoms with Gasteiger partial charge in [-0.25, -0.2) is 9.97 Å². The molecule has 0 atom stereocenters. The van der Waals surface area contributed by atoms with E-state index >= 15 is 0 Å². The van der Waals surface area contributed by atoms with E-state index in [1.165, 1.54) is 25.7 Å². The molecule has 1 saturated heterocycles. The van der Waals surface area contributed by atoms with E-state index < -0.39 is 0 Å². The number of nitrogens with zero attached hydrogens (tertiary/aromatic N) is 3. The van der Waals surface area contributed by atoms with Crippen molar-refractivity contribution in [3.63, 3.8) is 0 Å². The Morgan fingerprint density at radius 2 is 2.07 bits per heavy atom. The van der Waals surface area contributed by atoms with Crippen molar-refractivity contribution in [2.24, 2.45) is 5.92 Å². The van der Waals surface area contributed by atoms with Crippen LogP contribution in [0.5, 0.6) is 5.75 Å². The lowest BCUT2D eigenvalue weighted by Gasteiger charge is -2.32. The zero-order valence-corrected chi connectivity index (χ0v) is 17.7. The molecule has 5 nitrogen and oxygen atoms in total. The van der Waals surface area contributed by atoms with Crippen molar-refractivity contribution in [3.8, 4) is 5.75 Å². The van der Waals surface area contributed by atoms with E-state index in [0.717, 1.165) is 66.5 Å². The smallest absolute Gasteiger partial charge is 0.193 e. The number of ether oxygens (including phenoxy) is 1. The van der Waals surface area contributed by atoms with Gasteiger partial charge in [-0.15, -0.1) is 0 Å². The van der Waals surface area contributed by atoms with Crippen molar-refractivity contribution in [2.45, 2.75) is 45.1 Å². The highest BCUT2D eigenvalue weighted by Gasteiger charge is 2.20. The number of fused-ring (bicyclic) bond motifs is 1. The highest BCUT2D eigenvalue weighted by molar-refractivity contribution is 6.30. The van der Waals surface area contributed by atoms with Crippen LogP contribution in [-0.2, 0) is 13.0 Å². The molecule has 3 aromatic rings. The molecule has 0 N–H and O–H groups in total. The highest BCUT2D eigenvalue weighted by Crippen LogP contribution is 2.28. The number of halogens is 1. The molecule has 0 aliphatic carbocycles. The first-order valence-corrected chi connectivity index (χ1v) is 10.8. The SMILES string of the molecule is COc1ccc2nc(Cl)c(CN3CCC(CCCCc4ncco4)CC3)cc2c1. The molecule has 0 bridgehead atoms. The first-order chi connectivity index (χ1) is 14.2. The van der Waals surface area contributed by atoms with Crippen LogP contribution in [0.3, 0.4) is 0 Å². The Bertz CT molecular complexity index is 921. The molecule has 0 amide bonds. The van der Waals surface area contributed by atoms with Gasteiger partial charge in [0.05, 0.1) is 18.8 Å². The minimum atomic E-state index is 0.608. The molecule has 154 valence electrons. The number of piperidine rings is 1. The fourth-order valence-electron chi connectivity index (χ4n) is 4.17. The Kier molecular flexibility index (Phi) is 6.67. The van der Waals surface area contributed by atoms with Gasteiger partial charge >= 0.3 is 0 Å². The van der Waals surface area contributed by atoms with Crippen molar-refractivity contribution < 1.29 is 9.15 Å². The number of pyridine rings is 1. The molecule has 6 heteroatoms. The largest absolute Gasteiger partial charge is 0.497 e. The van der Waals surface area contributed by atoms with Crippen molar-refractivity contribution >= 4 is 22.5 Å². The van der Waals surface area contributed by atoms with E-state index in [0.29, 0.717) is 5.15 Å². The third-order valence-electron chi connectivity index (χ3n) is 5.89. The second-order valence-corrected chi connectivity index (χ2v) is 8.25. The first-order valence-electron chi connectivity index (χ1n) is 10.4. The summed E-state index contributed by atoms with van der Waals surface area (Å²) in [4.78, 5) is 11.3. The van der Waals surface area contributed by atoms with Crippen LogP contribution in [-0.4, -0.2) is 35.1 Å². The number of unbranched alkanes of at least 4 members (excludes halogenated alkanes) is 1. The van der Waals surface area contributed by atoms with Gasteiger partial charge in [0, 0.05) is 23.9 Å². The molecule has 0 unspecified atom stereocenters. The Morgan fingerprint density at radius 1 is 1.21 bits per heavy atom. The van der Waals surface area contributed by atoms with Gasteiger partial charge in [0.1, 0.15) is 17.2 Å². The molecule has 1 fully saturated rings. The van der Waals surface area contributed by atoms with Gasteiger partial charge in [0.15, 0.2) is 5.89 Å². The quantitative estimate of drug-likeness (QED) is 0.360. The zero-order chi connectivity index (χ0) is 20.1. The number of methoxy groups -OCH3 is 1. The van der Waals surface area contributed by atoms with Crippen LogP contribution in [0.25, 0.3) is 10.9 Å². The van der Waals surface area contributed by atoms with Crippen LogP contribution >= 0.6 is 11.6 Å². The van der Waals surface area contributed by atoms with E-state index in [2.05, 4.69) is 20.9 Å². The van der Waals surface area contributed by atoms with E-state index in [1.807, 2.05) is 18.2 Å². The number of oxazole rings is 1. The van der Waals surface area contributed by atoms with Crippen LogP contribution in [0, 0.1) is 5.92 Å². The topological polar surface area (TPSA) is 51.4 Å². The minimum Gasteiger partial charge on any atom is -0.497 e. The summed E-state index contributed by atoms with van der Waals surface area (Å²) in [6.07, 6.45) is 10.5. The Hall–Kier alpha value is -2.11. The summed E-state index contributed by atoms with van der Waals surface area (Å²) in [5, 5.41) is 1.68. The average molecular weight is 414 g/mol. The normalized spacial score (nSPS) is 15.8. The van der Waals surface area contributed by atoms with Gasteiger partial charge in [-0.3, -0.25) is 4.90 Å². The molecule has 4 rings (SSSR count). The second kappa shape index (κ2) is 9.59. The number of rotatable bonds is 8. The van der Waals surface area contributed by atoms with Crippen LogP contribution < -0.4 is 4.74 Å². The fraction of sp³-hybridized carbons (Fsp3) is 0.478. The van der Waals surface area contributed by atoms with Crippen molar-refractivity contribution in [3.05, 3.63) is 53.3 Å². The maximum atomic E-state index is 6.47. The van der Waals surface area contributed by atoms with E-state index in [9.17, 15) is 0 Å². The molecule has 2 aromatic heterocycles. The summed E-state index contributed by atoms with van der Waals surface area (Å²) in [5.74, 6) is 2.53. The highest BCUT2D eigenvalue weighted by atomic mass is 35.5. The molecular formula is C23H28ClN3O2. The van der Waals surface area contributed by atoms with Crippen molar-refractivity contribution in [2.75, 3.05) is 20.2 Å². The molecule has 29 heavy (non-hydrogen) atoms. The summed E-state index contributed by atoms with van der Waals surface area (Å²) in [5.41, 5.74) is 2.00. The van der Waals surface area contributed by atoms with E-state index in [1.54, 1.807) is 19.6 Å². The maximum absolute atomic E-state index is 6.47. The van der Waals surface area contributed by atoms with E-state index in [4.69, 9.17) is 20.8 Å². The molecule has 1 aliphatic heterocycles. The number of aryl methyl sites for hydroxylation is 1. The fourth-order valence-corrected chi connectivity index (χ4v) is 4.38. The first kappa shape index (κ1) is 20.2. The number of benzene rings is 1. The van der Waals surface area contributed by atoms with Gasteiger partial charge in [-0.05, 0) is 62.5 Å². The molecule has 0 radical (unpaired) electrons.